The molecule has 2 N–H and O–H groups in total. The summed E-state index contributed by atoms with van der Waals surface area (Å²) in [5.74, 6) is 0. The van der Waals surface area contributed by atoms with E-state index in [1.54, 1.807) is 0 Å². The highest BCUT2D eigenvalue weighted by Gasteiger charge is 2.16. The molecule has 100 valence electrons. The molecule has 1 heterocycles. The molecule has 1 aromatic rings. The largest absolute Gasteiger partial charge is 0.399 e. The first-order chi connectivity index (χ1) is 8.72. The Morgan fingerprint density at radius 1 is 1.22 bits per heavy atom. The van der Waals surface area contributed by atoms with Crippen molar-refractivity contribution in [2.24, 2.45) is 0 Å². The molecule has 0 fully saturated rings. The second-order valence-electron chi connectivity index (χ2n) is 5.08. The molecular weight excluding hydrogens is 222 g/mol. The van der Waals surface area contributed by atoms with Crippen LogP contribution in [0, 0.1) is 0 Å². The summed E-state index contributed by atoms with van der Waals surface area (Å²) in [7, 11) is 0. The molecule has 0 aliphatic carbocycles. The van der Waals surface area contributed by atoms with Gasteiger partial charge in [-0.15, -0.1) is 0 Å². The molecule has 1 aliphatic heterocycles. The number of nitrogens with two attached hydrogens (primary N) is 1. The van der Waals surface area contributed by atoms with Crippen molar-refractivity contribution in [3.8, 4) is 0 Å². The highest BCUT2D eigenvalue weighted by atomic mass is 15.2. The van der Waals surface area contributed by atoms with E-state index in [9.17, 15) is 0 Å². The van der Waals surface area contributed by atoms with Crippen molar-refractivity contribution in [2.45, 2.75) is 26.8 Å². The van der Waals surface area contributed by atoms with E-state index in [0.29, 0.717) is 0 Å². The van der Waals surface area contributed by atoms with E-state index in [0.717, 1.165) is 38.3 Å². The van der Waals surface area contributed by atoms with Gasteiger partial charge in [0.1, 0.15) is 0 Å². The molecule has 0 atom stereocenters. The van der Waals surface area contributed by atoms with Gasteiger partial charge in [-0.2, -0.15) is 0 Å². The lowest BCUT2D eigenvalue weighted by Crippen LogP contribution is -2.37. The maximum Gasteiger partial charge on any atom is 0.0316 e. The van der Waals surface area contributed by atoms with Crippen molar-refractivity contribution in [3.63, 3.8) is 0 Å². The Bertz CT molecular complexity index is 385. The van der Waals surface area contributed by atoms with Crippen molar-refractivity contribution in [1.29, 1.82) is 0 Å². The van der Waals surface area contributed by atoms with Crippen LogP contribution in [0.5, 0.6) is 0 Å². The number of benzene rings is 1. The Balaban J connectivity index is 1.90. The predicted octanol–water partition coefficient (Wildman–Crippen LogP) is 1.97. The lowest BCUT2D eigenvalue weighted by Gasteiger charge is -2.30. The van der Waals surface area contributed by atoms with E-state index in [-0.39, 0.29) is 0 Å². The minimum atomic E-state index is 0.894. The Morgan fingerprint density at radius 2 is 2.00 bits per heavy atom. The molecule has 0 saturated carbocycles. The number of likely N-dealkylation sites (N-methyl/N-ethyl adjacent to an activating group) is 1. The second kappa shape index (κ2) is 6.21. The summed E-state index contributed by atoms with van der Waals surface area (Å²) < 4.78 is 0. The molecule has 0 spiro atoms. The molecule has 2 rings (SSSR count). The number of rotatable bonds is 5. The van der Waals surface area contributed by atoms with Crippen LogP contribution in [0.2, 0.25) is 0 Å². The van der Waals surface area contributed by atoms with Gasteiger partial charge in [0, 0.05) is 31.9 Å². The lowest BCUT2D eigenvalue weighted by atomic mass is 9.99. The Hall–Kier alpha value is -1.06. The molecule has 0 radical (unpaired) electrons. The number of nitrogen functional groups attached to an aromatic ring is 1. The predicted molar refractivity (Wildman–Crippen MR) is 77.6 cm³/mol. The van der Waals surface area contributed by atoms with Gasteiger partial charge in [-0.3, -0.25) is 4.90 Å². The highest BCUT2D eigenvalue weighted by molar-refractivity contribution is 5.45. The first-order valence-electron chi connectivity index (χ1n) is 7.05. The standard InChI is InChI=1S/C15H25N3/c1-3-17(4-2)9-10-18-8-7-13-11-15(16)6-5-14(13)12-18/h5-6,11H,3-4,7-10,12,16H2,1-2H3. The van der Waals surface area contributed by atoms with Crippen LogP contribution in [-0.2, 0) is 13.0 Å². The van der Waals surface area contributed by atoms with Gasteiger partial charge < -0.3 is 10.6 Å². The molecule has 0 saturated heterocycles. The summed E-state index contributed by atoms with van der Waals surface area (Å²) in [4.78, 5) is 5.04. The first-order valence-corrected chi connectivity index (χ1v) is 7.05. The summed E-state index contributed by atoms with van der Waals surface area (Å²) in [6, 6.07) is 6.35. The number of nitrogens with zero attached hydrogens (tertiary/aromatic N) is 2. The van der Waals surface area contributed by atoms with Gasteiger partial charge >= 0.3 is 0 Å². The van der Waals surface area contributed by atoms with Crippen LogP contribution in [0.25, 0.3) is 0 Å². The zero-order chi connectivity index (χ0) is 13.0. The van der Waals surface area contributed by atoms with E-state index < -0.39 is 0 Å². The van der Waals surface area contributed by atoms with Crippen molar-refractivity contribution >= 4 is 5.69 Å². The van der Waals surface area contributed by atoms with Gasteiger partial charge in [-0.25, -0.2) is 0 Å². The fourth-order valence-electron chi connectivity index (χ4n) is 2.64. The third-order valence-corrected chi connectivity index (χ3v) is 3.95. The molecule has 0 aromatic heterocycles. The van der Waals surface area contributed by atoms with Crippen LogP contribution in [0.1, 0.15) is 25.0 Å². The van der Waals surface area contributed by atoms with Crippen LogP contribution >= 0.6 is 0 Å². The third kappa shape index (κ3) is 3.24. The van der Waals surface area contributed by atoms with Gasteiger partial charge in [0.15, 0.2) is 0 Å². The van der Waals surface area contributed by atoms with Crippen molar-refractivity contribution in [2.75, 3.05) is 38.5 Å². The fraction of sp³-hybridized carbons (Fsp3) is 0.600. The smallest absolute Gasteiger partial charge is 0.0316 e. The molecule has 1 aliphatic rings. The topological polar surface area (TPSA) is 32.5 Å². The fourth-order valence-corrected chi connectivity index (χ4v) is 2.64. The third-order valence-electron chi connectivity index (χ3n) is 3.95. The van der Waals surface area contributed by atoms with Gasteiger partial charge in [0.05, 0.1) is 0 Å². The molecule has 3 heteroatoms. The molecule has 0 bridgehead atoms. The normalized spacial score (nSPS) is 15.9. The molecule has 0 unspecified atom stereocenters. The summed E-state index contributed by atoms with van der Waals surface area (Å²) in [6.07, 6.45) is 1.14. The summed E-state index contributed by atoms with van der Waals surface area (Å²) in [5, 5.41) is 0. The quantitative estimate of drug-likeness (QED) is 0.807. The maximum absolute atomic E-state index is 5.83. The summed E-state index contributed by atoms with van der Waals surface area (Å²) in [6.45, 7) is 11.4. The van der Waals surface area contributed by atoms with E-state index in [1.807, 2.05) is 6.07 Å². The minimum absolute atomic E-state index is 0.894. The Kier molecular flexibility index (Phi) is 4.61. The minimum Gasteiger partial charge on any atom is -0.399 e. The van der Waals surface area contributed by atoms with Crippen LogP contribution < -0.4 is 5.73 Å². The van der Waals surface area contributed by atoms with Gasteiger partial charge in [0.2, 0.25) is 0 Å². The molecular formula is C15H25N3. The molecule has 0 amide bonds. The number of hydrogen-bond acceptors (Lipinski definition) is 3. The van der Waals surface area contributed by atoms with Crippen molar-refractivity contribution in [3.05, 3.63) is 29.3 Å². The SMILES string of the molecule is CCN(CC)CCN1CCc2cc(N)ccc2C1. The highest BCUT2D eigenvalue weighted by Crippen LogP contribution is 2.21. The Labute approximate surface area is 111 Å². The van der Waals surface area contributed by atoms with E-state index in [4.69, 9.17) is 5.73 Å². The maximum atomic E-state index is 5.83. The monoisotopic (exact) mass is 247 g/mol. The molecule has 1 aromatic carbocycles. The van der Waals surface area contributed by atoms with Crippen LogP contribution in [-0.4, -0.2) is 42.5 Å². The van der Waals surface area contributed by atoms with Gasteiger partial charge in [-0.05, 0) is 42.8 Å². The van der Waals surface area contributed by atoms with E-state index in [2.05, 4.69) is 35.8 Å². The van der Waals surface area contributed by atoms with Crippen molar-refractivity contribution in [1.82, 2.24) is 9.80 Å². The zero-order valence-corrected chi connectivity index (χ0v) is 11.7. The number of anilines is 1. The molecule has 18 heavy (non-hydrogen) atoms. The van der Waals surface area contributed by atoms with E-state index in [1.165, 1.54) is 24.2 Å². The van der Waals surface area contributed by atoms with Gasteiger partial charge in [-0.1, -0.05) is 19.9 Å². The molecule has 3 nitrogen and oxygen atoms in total. The van der Waals surface area contributed by atoms with E-state index >= 15 is 0 Å². The van der Waals surface area contributed by atoms with Gasteiger partial charge in [0.25, 0.3) is 0 Å². The summed E-state index contributed by atoms with van der Waals surface area (Å²) in [5.41, 5.74) is 9.62. The second-order valence-corrected chi connectivity index (χ2v) is 5.08. The average molecular weight is 247 g/mol. The summed E-state index contributed by atoms with van der Waals surface area (Å²) >= 11 is 0. The Morgan fingerprint density at radius 3 is 2.72 bits per heavy atom. The van der Waals surface area contributed by atoms with Crippen LogP contribution in [0.3, 0.4) is 0 Å². The van der Waals surface area contributed by atoms with Crippen molar-refractivity contribution < 1.29 is 0 Å². The number of hydrogen-bond donors (Lipinski definition) is 1. The average Bonchev–Trinajstić information content (AvgIpc) is 2.40. The lowest BCUT2D eigenvalue weighted by molar-refractivity contribution is 0.202. The zero-order valence-electron chi connectivity index (χ0n) is 11.7. The van der Waals surface area contributed by atoms with Crippen LogP contribution in [0.4, 0.5) is 5.69 Å². The first kappa shape index (κ1) is 13.4. The van der Waals surface area contributed by atoms with Crippen LogP contribution in [0.15, 0.2) is 18.2 Å². The number of fused-ring (bicyclic) bond motifs is 1.